The first kappa shape index (κ1) is 15.8. The third-order valence-corrected chi connectivity index (χ3v) is 6.04. The minimum Gasteiger partial charge on any atom is -0.212 e. The second-order valence-electron chi connectivity index (χ2n) is 5.77. The first-order valence-corrected chi connectivity index (χ1v) is 9.21. The topological polar surface area (TPSA) is 37.4 Å². The molecule has 5 heteroatoms. The predicted octanol–water partition coefficient (Wildman–Crippen LogP) is 3.38. The minimum absolute atomic E-state index is 0.0704. The van der Waals surface area contributed by atoms with Gasteiger partial charge in [-0.05, 0) is 29.9 Å². The van der Waals surface area contributed by atoms with E-state index in [9.17, 15) is 8.42 Å². The van der Waals surface area contributed by atoms with Crippen molar-refractivity contribution in [3.63, 3.8) is 0 Å². The third kappa shape index (κ3) is 3.54. The highest BCUT2D eigenvalue weighted by molar-refractivity contribution is 7.88. The van der Waals surface area contributed by atoms with E-state index in [1.165, 1.54) is 0 Å². The molecule has 0 spiro atoms. The highest BCUT2D eigenvalue weighted by Gasteiger charge is 2.35. The summed E-state index contributed by atoms with van der Waals surface area (Å²) in [4.78, 5) is 0. The highest BCUT2D eigenvalue weighted by atomic mass is 35.5. The van der Waals surface area contributed by atoms with E-state index in [0.29, 0.717) is 18.3 Å². The zero-order chi connectivity index (χ0) is 14.8. The number of sulfonamides is 1. The summed E-state index contributed by atoms with van der Waals surface area (Å²) >= 11 is 5.80. The third-order valence-electron chi connectivity index (χ3n) is 3.87. The molecule has 2 rings (SSSR count). The molecule has 1 aromatic rings. The molecule has 1 saturated heterocycles. The van der Waals surface area contributed by atoms with Crippen LogP contribution in [0.1, 0.15) is 37.8 Å². The van der Waals surface area contributed by atoms with Crippen molar-refractivity contribution >= 4 is 21.6 Å². The monoisotopic (exact) mass is 315 g/mol. The van der Waals surface area contributed by atoms with Crippen LogP contribution in [-0.4, -0.2) is 25.3 Å². The van der Waals surface area contributed by atoms with Crippen molar-refractivity contribution in [3.05, 3.63) is 35.4 Å². The molecule has 0 aliphatic carbocycles. The van der Waals surface area contributed by atoms with Gasteiger partial charge in [0.2, 0.25) is 10.0 Å². The smallest absolute Gasteiger partial charge is 0.212 e. The zero-order valence-electron chi connectivity index (χ0n) is 12.0. The summed E-state index contributed by atoms with van der Waals surface area (Å²) in [5.41, 5.74) is 1.78. The molecule has 1 aromatic carbocycles. The summed E-state index contributed by atoms with van der Waals surface area (Å²) < 4.78 is 26.9. The van der Waals surface area contributed by atoms with Crippen molar-refractivity contribution in [2.24, 2.45) is 5.92 Å². The second kappa shape index (κ2) is 6.46. The van der Waals surface area contributed by atoms with Crippen molar-refractivity contribution in [2.75, 3.05) is 6.54 Å². The molecule has 1 aliphatic heterocycles. The summed E-state index contributed by atoms with van der Waals surface area (Å²) in [6.45, 7) is 4.83. The van der Waals surface area contributed by atoms with E-state index in [1.807, 2.05) is 24.3 Å². The van der Waals surface area contributed by atoms with Crippen LogP contribution in [-0.2, 0) is 21.7 Å². The Morgan fingerprint density at radius 1 is 1.35 bits per heavy atom. The lowest BCUT2D eigenvalue weighted by molar-refractivity contribution is 0.315. The van der Waals surface area contributed by atoms with Gasteiger partial charge in [0.05, 0.1) is 5.75 Å². The second-order valence-corrected chi connectivity index (χ2v) is 7.96. The molecule has 0 bridgehead atoms. The van der Waals surface area contributed by atoms with Crippen molar-refractivity contribution in [3.8, 4) is 0 Å². The molecule has 112 valence electrons. The van der Waals surface area contributed by atoms with Gasteiger partial charge in [0.25, 0.3) is 0 Å². The minimum atomic E-state index is -3.24. The molecule has 20 heavy (non-hydrogen) atoms. The Morgan fingerprint density at radius 2 is 2.05 bits per heavy atom. The molecule has 0 N–H and O–H groups in total. The van der Waals surface area contributed by atoms with E-state index in [-0.39, 0.29) is 11.8 Å². The van der Waals surface area contributed by atoms with Crippen molar-refractivity contribution in [1.82, 2.24) is 4.31 Å². The van der Waals surface area contributed by atoms with Crippen molar-refractivity contribution in [1.29, 1.82) is 0 Å². The summed E-state index contributed by atoms with van der Waals surface area (Å²) in [7, 11) is -3.24. The van der Waals surface area contributed by atoms with Crippen LogP contribution >= 0.6 is 11.6 Å². The number of alkyl halides is 1. The number of nitrogens with zero attached hydrogens (tertiary/aromatic N) is 1. The van der Waals surface area contributed by atoms with Gasteiger partial charge in [-0.3, -0.25) is 0 Å². The van der Waals surface area contributed by atoms with Gasteiger partial charge in [0, 0.05) is 18.5 Å². The molecule has 0 amide bonds. The van der Waals surface area contributed by atoms with Crippen LogP contribution in [0.5, 0.6) is 0 Å². The fraction of sp³-hybridized carbons (Fsp3) is 0.600. The molecular weight excluding hydrogens is 294 g/mol. The lowest BCUT2D eigenvalue weighted by Crippen LogP contribution is -2.39. The number of rotatable bonds is 5. The summed E-state index contributed by atoms with van der Waals surface area (Å²) in [6, 6.07) is 7.66. The van der Waals surface area contributed by atoms with Gasteiger partial charge in [-0.1, -0.05) is 38.1 Å². The van der Waals surface area contributed by atoms with E-state index in [1.54, 1.807) is 4.31 Å². The van der Waals surface area contributed by atoms with E-state index < -0.39 is 10.0 Å². The van der Waals surface area contributed by atoms with Crippen LogP contribution in [0.2, 0.25) is 0 Å². The Morgan fingerprint density at radius 3 is 2.70 bits per heavy atom. The van der Waals surface area contributed by atoms with E-state index in [0.717, 1.165) is 24.0 Å². The molecule has 1 aliphatic rings. The van der Waals surface area contributed by atoms with Crippen molar-refractivity contribution in [2.45, 2.75) is 44.4 Å². The number of benzene rings is 1. The maximum absolute atomic E-state index is 12.6. The van der Waals surface area contributed by atoms with Crippen LogP contribution < -0.4 is 0 Å². The SMILES string of the molecule is CC(C)C1CCCN1S(=O)(=O)Cc1cccc(CCl)c1. The molecule has 3 nitrogen and oxygen atoms in total. The van der Waals surface area contributed by atoms with Gasteiger partial charge in [-0.2, -0.15) is 4.31 Å². The largest absolute Gasteiger partial charge is 0.218 e. The Hall–Kier alpha value is -0.580. The lowest BCUT2D eigenvalue weighted by Gasteiger charge is -2.27. The van der Waals surface area contributed by atoms with Crippen LogP contribution in [0.3, 0.4) is 0 Å². The van der Waals surface area contributed by atoms with Gasteiger partial charge < -0.3 is 0 Å². The Bertz CT molecular complexity index is 557. The Kier molecular flexibility index (Phi) is 5.10. The first-order chi connectivity index (χ1) is 9.44. The predicted molar refractivity (Wildman–Crippen MR) is 83.2 cm³/mol. The van der Waals surface area contributed by atoms with Crippen LogP contribution in [0.25, 0.3) is 0 Å². The molecule has 1 heterocycles. The fourth-order valence-corrected chi connectivity index (χ4v) is 4.97. The lowest BCUT2D eigenvalue weighted by atomic mass is 10.0. The quantitative estimate of drug-likeness (QED) is 0.781. The molecule has 0 radical (unpaired) electrons. The number of hydrogen-bond acceptors (Lipinski definition) is 2. The average molecular weight is 316 g/mol. The van der Waals surface area contributed by atoms with Gasteiger partial charge in [-0.15, -0.1) is 11.6 Å². The Labute approximate surface area is 127 Å². The maximum Gasteiger partial charge on any atom is 0.218 e. The first-order valence-electron chi connectivity index (χ1n) is 7.07. The fourth-order valence-electron chi connectivity index (χ4n) is 2.87. The molecule has 0 aromatic heterocycles. The molecular formula is C15H22ClNO2S. The standard InChI is InChI=1S/C15H22ClNO2S/c1-12(2)15-7-4-8-17(15)20(18,19)11-14-6-3-5-13(9-14)10-16/h3,5-6,9,12,15H,4,7-8,10-11H2,1-2H3. The van der Waals surface area contributed by atoms with E-state index >= 15 is 0 Å². The number of hydrogen-bond donors (Lipinski definition) is 0. The summed E-state index contributed by atoms with van der Waals surface area (Å²) in [5.74, 6) is 0.842. The van der Waals surface area contributed by atoms with Crippen LogP contribution in [0.15, 0.2) is 24.3 Å². The molecule has 0 saturated carbocycles. The maximum atomic E-state index is 12.6. The zero-order valence-corrected chi connectivity index (χ0v) is 13.6. The molecule has 1 fully saturated rings. The highest BCUT2D eigenvalue weighted by Crippen LogP contribution is 2.28. The summed E-state index contributed by atoms with van der Waals surface area (Å²) in [5, 5.41) is 0. The Balaban J connectivity index is 2.18. The van der Waals surface area contributed by atoms with Gasteiger partial charge in [0.1, 0.15) is 0 Å². The average Bonchev–Trinajstić information content (AvgIpc) is 2.88. The molecule has 1 unspecified atom stereocenters. The molecule has 1 atom stereocenters. The van der Waals surface area contributed by atoms with Crippen LogP contribution in [0.4, 0.5) is 0 Å². The summed E-state index contributed by atoms with van der Waals surface area (Å²) in [6.07, 6.45) is 1.93. The van der Waals surface area contributed by atoms with Gasteiger partial charge >= 0.3 is 0 Å². The van der Waals surface area contributed by atoms with Crippen molar-refractivity contribution < 1.29 is 8.42 Å². The van der Waals surface area contributed by atoms with Gasteiger partial charge in [-0.25, -0.2) is 8.42 Å². The van der Waals surface area contributed by atoms with Crippen LogP contribution in [0, 0.1) is 5.92 Å². The van der Waals surface area contributed by atoms with E-state index in [4.69, 9.17) is 11.6 Å². The normalized spacial score (nSPS) is 20.7. The van der Waals surface area contributed by atoms with E-state index in [2.05, 4.69) is 13.8 Å². The van der Waals surface area contributed by atoms with Gasteiger partial charge in [0.15, 0.2) is 0 Å². The number of halogens is 1.